The zero-order chi connectivity index (χ0) is 20.0. The lowest BCUT2D eigenvalue weighted by molar-refractivity contribution is -0.144. The van der Waals surface area contributed by atoms with Crippen molar-refractivity contribution in [2.75, 3.05) is 6.54 Å². The summed E-state index contributed by atoms with van der Waals surface area (Å²) in [6.07, 6.45) is 6.60. The Morgan fingerprint density at radius 2 is 1.85 bits per heavy atom. The lowest BCUT2D eigenvalue weighted by Crippen LogP contribution is -2.55. The molecule has 2 N–H and O–H groups in total. The summed E-state index contributed by atoms with van der Waals surface area (Å²) in [5, 5.41) is 6.10. The van der Waals surface area contributed by atoms with E-state index in [0.29, 0.717) is 18.9 Å². The van der Waals surface area contributed by atoms with E-state index in [-0.39, 0.29) is 23.3 Å². The maximum atomic E-state index is 13.4. The Labute approximate surface area is 160 Å². The second-order valence-corrected chi connectivity index (χ2v) is 9.66. The zero-order valence-corrected chi connectivity index (χ0v) is 17.0. The molecule has 0 spiro atoms. The predicted octanol–water partition coefficient (Wildman–Crippen LogP) is 2.37. The molecule has 27 heavy (non-hydrogen) atoms. The van der Waals surface area contributed by atoms with Crippen LogP contribution in [0.1, 0.15) is 78.0 Å². The van der Waals surface area contributed by atoms with E-state index in [0.717, 1.165) is 12.7 Å². The van der Waals surface area contributed by atoms with Crippen LogP contribution in [-0.4, -0.2) is 50.9 Å². The molecule has 0 radical (unpaired) electrons. The minimum Gasteiger partial charge on any atom is -0.343 e. The summed E-state index contributed by atoms with van der Waals surface area (Å²) in [6.45, 7) is 10.0. The van der Waals surface area contributed by atoms with Crippen molar-refractivity contribution in [1.29, 1.82) is 0 Å². The molecule has 1 aromatic rings. The first-order chi connectivity index (χ1) is 12.5. The van der Waals surface area contributed by atoms with E-state index in [1.165, 1.54) is 18.5 Å². The van der Waals surface area contributed by atoms with Gasteiger partial charge in [0.05, 0.1) is 11.2 Å². The van der Waals surface area contributed by atoms with Crippen molar-refractivity contribution in [3.63, 3.8) is 0 Å². The monoisotopic (exact) mass is 376 g/mol. The number of aldehydes is 1. The van der Waals surface area contributed by atoms with Gasteiger partial charge in [-0.05, 0) is 44.9 Å². The number of likely N-dealkylation sites (tertiary alicyclic amines) is 1. The van der Waals surface area contributed by atoms with Gasteiger partial charge in [0, 0.05) is 18.7 Å². The van der Waals surface area contributed by atoms with E-state index in [2.05, 4.69) is 10.4 Å². The van der Waals surface area contributed by atoms with Crippen LogP contribution in [0.4, 0.5) is 0 Å². The summed E-state index contributed by atoms with van der Waals surface area (Å²) in [4.78, 5) is 39.0. The highest BCUT2D eigenvalue weighted by Crippen LogP contribution is 2.42. The molecule has 1 aliphatic carbocycles. The highest BCUT2D eigenvalue weighted by molar-refractivity contribution is 5.91. The normalized spacial score (nSPS) is 22.0. The summed E-state index contributed by atoms with van der Waals surface area (Å²) in [7, 11) is 0. The third-order valence-corrected chi connectivity index (χ3v) is 5.46. The fourth-order valence-corrected chi connectivity index (χ4v) is 3.82. The van der Waals surface area contributed by atoms with Gasteiger partial charge < -0.3 is 20.1 Å². The molecule has 2 atom stereocenters. The van der Waals surface area contributed by atoms with Crippen molar-refractivity contribution in [2.45, 2.75) is 83.8 Å². The lowest BCUT2D eigenvalue weighted by atomic mass is 9.85. The molecule has 3 rings (SSSR count). The van der Waals surface area contributed by atoms with Crippen LogP contribution in [-0.2, 0) is 14.4 Å². The van der Waals surface area contributed by atoms with Crippen LogP contribution in [0.15, 0.2) is 6.20 Å². The first-order valence-corrected chi connectivity index (χ1v) is 9.89. The minimum atomic E-state index is -0.932. The summed E-state index contributed by atoms with van der Waals surface area (Å²) >= 11 is 0. The van der Waals surface area contributed by atoms with Crippen LogP contribution in [0.5, 0.6) is 0 Å². The Hall–Kier alpha value is -2.05. The maximum absolute atomic E-state index is 13.4. The van der Waals surface area contributed by atoms with Gasteiger partial charge >= 0.3 is 0 Å². The molecule has 1 saturated heterocycles. The predicted molar refractivity (Wildman–Crippen MR) is 102 cm³/mol. The Morgan fingerprint density at radius 3 is 2.37 bits per heavy atom. The number of hydrogen-bond donors (Lipinski definition) is 2. The molecule has 1 aliphatic heterocycles. The van der Waals surface area contributed by atoms with Gasteiger partial charge in [0.2, 0.25) is 11.8 Å². The van der Waals surface area contributed by atoms with Gasteiger partial charge in [-0.15, -0.1) is 0 Å². The summed E-state index contributed by atoms with van der Waals surface area (Å²) in [5.74, 6) is 0.326. The zero-order valence-electron chi connectivity index (χ0n) is 17.0. The number of nitrogens with zero attached hydrogens (tertiary/aromatic N) is 2. The lowest BCUT2D eigenvalue weighted by Gasteiger charge is -2.38. The van der Waals surface area contributed by atoms with Gasteiger partial charge in [-0.1, -0.05) is 20.8 Å². The van der Waals surface area contributed by atoms with E-state index in [4.69, 9.17) is 0 Å². The van der Waals surface area contributed by atoms with Crippen molar-refractivity contribution >= 4 is 18.1 Å². The van der Waals surface area contributed by atoms with Crippen molar-refractivity contribution in [1.82, 2.24) is 20.0 Å². The molecule has 2 heterocycles. The third-order valence-electron chi connectivity index (χ3n) is 5.46. The van der Waals surface area contributed by atoms with Crippen LogP contribution >= 0.6 is 0 Å². The van der Waals surface area contributed by atoms with Crippen LogP contribution < -0.4 is 5.32 Å². The molecular weight excluding hydrogens is 344 g/mol. The number of H-pyrrole nitrogens is 1. The number of carbonyl (C=O) groups is 3. The fourth-order valence-electron chi connectivity index (χ4n) is 3.82. The van der Waals surface area contributed by atoms with Crippen LogP contribution in [0.25, 0.3) is 0 Å². The summed E-state index contributed by atoms with van der Waals surface area (Å²) in [6, 6.07) is -0.901. The van der Waals surface area contributed by atoms with Gasteiger partial charge in [0.25, 0.3) is 0 Å². The summed E-state index contributed by atoms with van der Waals surface area (Å²) < 4.78 is 1.90. The van der Waals surface area contributed by atoms with E-state index in [1.807, 2.05) is 31.6 Å². The van der Waals surface area contributed by atoms with E-state index in [1.54, 1.807) is 18.7 Å². The largest absolute Gasteiger partial charge is 0.343 e. The number of aromatic nitrogens is 2. The second kappa shape index (κ2) is 6.84. The summed E-state index contributed by atoms with van der Waals surface area (Å²) in [5.41, 5.74) is -0.0133. The second-order valence-electron chi connectivity index (χ2n) is 9.66. The molecule has 0 bridgehead atoms. The Bertz CT molecular complexity index is 709. The number of nitrogens with one attached hydrogen (secondary N) is 2. The molecule has 7 nitrogen and oxygen atoms in total. The van der Waals surface area contributed by atoms with Gasteiger partial charge in [-0.25, -0.2) is 0 Å². The first kappa shape index (κ1) is 19.7. The van der Waals surface area contributed by atoms with E-state index in [9.17, 15) is 14.4 Å². The van der Waals surface area contributed by atoms with Crippen molar-refractivity contribution in [3.05, 3.63) is 11.9 Å². The molecule has 2 aliphatic rings. The SMILES string of the molecule is CC(C)(C=O)NC(=O)[C@@H]1CCCN1C(=O)[C@@H](n1cc(C2CC2)[nH]1)C(C)(C)C. The fraction of sp³-hybridized carbons (Fsp3) is 0.750. The maximum Gasteiger partial charge on any atom is 0.248 e. The number of amides is 2. The Kier molecular flexibility index (Phi) is 4.99. The van der Waals surface area contributed by atoms with Crippen molar-refractivity contribution in [3.8, 4) is 0 Å². The van der Waals surface area contributed by atoms with Crippen LogP contribution in [0.3, 0.4) is 0 Å². The first-order valence-electron chi connectivity index (χ1n) is 9.89. The number of rotatable bonds is 6. The number of carbonyl (C=O) groups excluding carboxylic acids is 3. The average molecular weight is 377 g/mol. The van der Waals surface area contributed by atoms with Crippen molar-refractivity contribution < 1.29 is 14.4 Å². The Balaban J connectivity index is 1.77. The third kappa shape index (κ3) is 4.12. The van der Waals surface area contributed by atoms with Crippen molar-refractivity contribution in [2.24, 2.45) is 5.41 Å². The van der Waals surface area contributed by atoms with Gasteiger partial charge in [0.15, 0.2) is 0 Å². The standard InChI is InChI=1S/C20H32N4O3/c1-19(2,3)16(24-11-14(22-24)13-8-9-13)18(27)23-10-6-7-15(23)17(26)21-20(4,5)12-25/h11-13,15-16,22H,6-10H2,1-5H3,(H,21,26)/t15-,16+/m0/s1. The molecule has 1 saturated carbocycles. The molecule has 2 amide bonds. The molecule has 0 unspecified atom stereocenters. The van der Waals surface area contributed by atoms with E-state index < -0.39 is 11.6 Å². The van der Waals surface area contributed by atoms with Gasteiger partial charge in [0.1, 0.15) is 18.4 Å². The van der Waals surface area contributed by atoms with E-state index >= 15 is 0 Å². The van der Waals surface area contributed by atoms with Crippen LogP contribution in [0.2, 0.25) is 0 Å². The average Bonchev–Trinajstić information content (AvgIpc) is 3.22. The number of hydrogen-bond acceptors (Lipinski definition) is 3. The molecule has 2 fully saturated rings. The Morgan fingerprint density at radius 1 is 1.22 bits per heavy atom. The molecule has 1 aromatic heterocycles. The quantitative estimate of drug-likeness (QED) is 0.747. The highest BCUT2D eigenvalue weighted by atomic mass is 16.2. The number of aromatic amines is 1. The smallest absolute Gasteiger partial charge is 0.248 e. The van der Waals surface area contributed by atoms with Gasteiger partial charge in [-0.3, -0.25) is 14.3 Å². The molecule has 0 aromatic carbocycles. The van der Waals surface area contributed by atoms with Gasteiger partial charge in [-0.2, -0.15) is 0 Å². The minimum absolute atomic E-state index is 0.0392. The topological polar surface area (TPSA) is 87.2 Å². The molecule has 7 heteroatoms. The molecular formula is C20H32N4O3. The van der Waals surface area contributed by atoms with Crippen LogP contribution in [0, 0.1) is 5.41 Å². The molecule has 150 valence electrons. The highest BCUT2D eigenvalue weighted by Gasteiger charge is 2.43.